The van der Waals surface area contributed by atoms with Gasteiger partial charge in [0.1, 0.15) is 5.82 Å². The number of aliphatic hydroxyl groups is 1. The molecule has 1 atom stereocenters. The maximum absolute atomic E-state index is 9.01. The average Bonchev–Trinajstić information content (AvgIpc) is 2.30. The van der Waals surface area contributed by atoms with Crippen molar-refractivity contribution in [3.63, 3.8) is 0 Å². The molecule has 1 aliphatic heterocycles. The molecule has 0 spiro atoms. The Balaban J connectivity index is 2.06. The van der Waals surface area contributed by atoms with Crippen molar-refractivity contribution in [1.82, 2.24) is 4.98 Å². The predicted octanol–water partition coefficient (Wildman–Crippen LogP) is -0.139. The van der Waals surface area contributed by atoms with Crippen molar-refractivity contribution in [2.75, 3.05) is 36.9 Å². The Morgan fingerprint density at radius 1 is 1.60 bits per heavy atom. The first-order valence-corrected chi connectivity index (χ1v) is 4.98. The number of anilines is 2. The van der Waals surface area contributed by atoms with E-state index in [1.165, 1.54) is 0 Å². The van der Waals surface area contributed by atoms with Crippen LogP contribution in [0.5, 0.6) is 0 Å². The summed E-state index contributed by atoms with van der Waals surface area (Å²) in [7, 11) is 0. The molecule has 3 N–H and O–H groups in total. The summed E-state index contributed by atoms with van der Waals surface area (Å²) < 4.78 is 5.37. The molecular weight excluding hydrogens is 194 g/mol. The number of nitrogens with two attached hydrogens (primary N) is 1. The summed E-state index contributed by atoms with van der Waals surface area (Å²) in [6.07, 6.45) is 1.64. The Morgan fingerprint density at radius 3 is 3.13 bits per heavy atom. The van der Waals surface area contributed by atoms with Gasteiger partial charge in [0.2, 0.25) is 0 Å². The molecule has 0 amide bonds. The van der Waals surface area contributed by atoms with Gasteiger partial charge in [-0.3, -0.25) is 0 Å². The second-order valence-corrected chi connectivity index (χ2v) is 3.56. The van der Waals surface area contributed by atoms with E-state index in [2.05, 4.69) is 9.88 Å². The SMILES string of the molecule is Nc1ccc(N2CCO[C@H](CO)C2)cn1. The number of hydrogen-bond acceptors (Lipinski definition) is 5. The molecule has 2 rings (SSSR count). The fourth-order valence-electron chi connectivity index (χ4n) is 1.65. The lowest BCUT2D eigenvalue weighted by atomic mass is 10.2. The van der Waals surface area contributed by atoms with Crippen LogP contribution < -0.4 is 10.6 Å². The summed E-state index contributed by atoms with van der Waals surface area (Å²) in [6.45, 7) is 2.21. The van der Waals surface area contributed by atoms with E-state index in [0.29, 0.717) is 19.0 Å². The van der Waals surface area contributed by atoms with E-state index >= 15 is 0 Å². The van der Waals surface area contributed by atoms with Gasteiger partial charge in [-0.25, -0.2) is 4.98 Å². The van der Waals surface area contributed by atoms with Gasteiger partial charge in [-0.15, -0.1) is 0 Å². The third-order valence-electron chi connectivity index (χ3n) is 2.48. The first kappa shape index (κ1) is 10.2. The Labute approximate surface area is 88.5 Å². The van der Waals surface area contributed by atoms with Gasteiger partial charge in [0.05, 0.1) is 31.2 Å². The standard InChI is InChI=1S/C10H15N3O2/c11-10-2-1-8(5-12-10)13-3-4-15-9(6-13)7-14/h1-2,5,9,14H,3-4,6-7H2,(H2,11,12)/t9-/m0/s1. The number of aromatic nitrogens is 1. The molecule has 0 aliphatic carbocycles. The summed E-state index contributed by atoms with van der Waals surface area (Å²) in [5, 5.41) is 9.01. The highest BCUT2D eigenvalue weighted by Crippen LogP contribution is 2.17. The second-order valence-electron chi connectivity index (χ2n) is 3.56. The average molecular weight is 209 g/mol. The van der Waals surface area contributed by atoms with E-state index in [1.54, 1.807) is 12.3 Å². The number of pyridine rings is 1. The van der Waals surface area contributed by atoms with Crippen LogP contribution in [0.4, 0.5) is 11.5 Å². The molecule has 82 valence electrons. The monoisotopic (exact) mass is 209 g/mol. The van der Waals surface area contributed by atoms with Gasteiger partial charge in [0.25, 0.3) is 0 Å². The molecule has 0 bridgehead atoms. The van der Waals surface area contributed by atoms with Crippen LogP contribution in [0.3, 0.4) is 0 Å². The van der Waals surface area contributed by atoms with Crippen molar-refractivity contribution < 1.29 is 9.84 Å². The van der Waals surface area contributed by atoms with Crippen LogP contribution >= 0.6 is 0 Å². The van der Waals surface area contributed by atoms with E-state index in [4.69, 9.17) is 15.6 Å². The molecule has 1 saturated heterocycles. The summed E-state index contributed by atoms with van der Waals surface area (Å²) >= 11 is 0. The van der Waals surface area contributed by atoms with E-state index in [-0.39, 0.29) is 12.7 Å². The molecule has 5 heteroatoms. The quantitative estimate of drug-likeness (QED) is 0.709. The summed E-state index contributed by atoms with van der Waals surface area (Å²) in [6, 6.07) is 3.71. The molecule has 15 heavy (non-hydrogen) atoms. The van der Waals surface area contributed by atoms with Gasteiger partial charge in [0.15, 0.2) is 0 Å². The Morgan fingerprint density at radius 2 is 2.47 bits per heavy atom. The van der Waals surface area contributed by atoms with Gasteiger partial charge >= 0.3 is 0 Å². The number of hydrogen-bond donors (Lipinski definition) is 2. The number of rotatable bonds is 2. The zero-order valence-electron chi connectivity index (χ0n) is 8.47. The first-order chi connectivity index (χ1) is 7.29. The molecule has 0 aromatic carbocycles. The van der Waals surface area contributed by atoms with Gasteiger partial charge in [0, 0.05) is 13.1 Å². The normalized spacial score (nSPS) is 21.7. The van der Waals surface area contributed by atoms with E-state index in [1.807, 2.05) is 6.07 Å². The van der Waals surface area contributed by atoms with Crippen molar-refractivity contribution in [1.29, 1.82) is 0 Å². The zero-order valence-corrected chi connectivity index (χ0v) is 8.47. The highest BCUT2D eigenvalue weighted by atomic mass is 16.5. The predicted molar refractivity (Wildman–Crippen MR) is 57.7 cm³/mol. The van der Waals surface area contributed by atoms with Gasteiger partial charge in [-0.2, -0.15) is 0 Å². The van der Waals surface area contributed by atoms with E-state index in [9.17, 15) is 0 Å². The van der Waals surface area contributed by atoms with Crippen LogP contribution in [0.2, 0.25) is 0 Å². The molecule has 1 fully saturated rings. The van der Waals surface area contributed by atoms with Gasteiger partial charge in [-0.05, 0) is 12.1 Å². The largest absolute Gasteiger partial charge is 0.394 e. The summed E-state index contributed by atoms with van der Waals surface area (Å²) in [4.78, 5) is 6.17. The molecule has 5 nitrogen and oxygen atoms in total. The Kier molecular flexibility index (Phi) is 3.03. The number of ether oxygens (including phenoxy) is 1. The Hall–Kier alpha value is -1.33. The lowest BCUT2D eigenvalue weighted by molar-refractivity contribution is 0.00355. The second kappa shape index (κ2) is 4.46. The van der Waals surface area contributed by atoms with Crippen LogP contribution in [-0.4, -0.2) is 42.5 Å². The topological polar surface area (TPSA) is 71.6 Å². The van der Waals surface area contributed by atoms with Crippen molar-refractivity contribution in [3.05, 3.63) is 18.3 Å². The van der Waals surface area contributed by atoms with Gasteiger partial charge < -0.3 is 20.5 Å². The molecular formula is C10H15N3O2. The number of nitrogens with zero attached hydrogens (tertiary/aromatic N) is 2. The third-order valence-corrected chi connectivity index (χ3v) is 2.48. The molecule has 1 aliphatic rings. The highest BCUT2D eigenvalue weighted by Gasteiger charge is 2.19. The molecule has 0 radical (unpaired) electrons. The zero-order chi connectivity index (χ0) is 10.7. The van der Waals surface area contributed by atoms with E-state index in [0.717, 1.165) is 12.2 Å². The van der Waals surface area contributed by atoms with Crippen LogP contribution in [0.15, 0.2) is 18.3 Å². The smallest absolute Gasteiger partial charge is 0.123 e. The van der Waals surface area contributed by atoms with Crippen molar-refractivity contribution >= 4 is 11.5 Å². The highest BCUT2D eigenvalue weighted by molar-refractivity contribution is 5.48. The first-order valence-electron chi connectivity index (χ1n) is 4.98. The van der Waals surface area contributed by atoms with Crippen molar-refractivity contribution in [2.24, 2.45) is 0 Å². The number of nitrogen functional groups attached to an aromatic ring is 1. The molecule has 1 aromatic heterocycles. The van der Waals surface area contributed by atoms with Crippen molar-refractivity contribution in [2.45, 2.75) is 6.10 Å². The fourth-order valence-corrected chi connectivity index (χ4v) is 1.65. The van der Waals surface area contributed by atoms with Crippen LogP contribution in [-0.2, 0) is 4.74 Å². The van der Waals surface area contributed by atoms with Crippen LogP contribution in [0.25, 0.3) is 0 Å². The molecule has 0 unspecified atom stereocenters. The maximum atomic E-state index is 9.01. The maximum Gasteiger partial charge on any atom is 0.123 e. The molecule has 0 saturated carbocycles. The summed E-state index contributed by atoms with van der Waals surface area (Å²) in [5.74, 6) is 0.519. The lowest BCUT2D eigenvalue weighted by Crippen LogP contribution is -2.44. The molecule has 1 aromatic rings. The van der Waals surface area contributed by atoms with Crippen LogP contribution in [0, 0.1) is 0 Å². The number of aliphatic hydroxyl groups excluding tert-OH is 1. The number of morpholine rings is 1. The van der Waals surface area contributed by atoms with Gasteiger partial charge in [-0.1, -0.05) is 0 Å². The minimum Gasteiger partial charge on any atom is -0.394 e. The minimum atomic E-state index is -0.101. The van der Waals surface area contributed by atoms with Crippen molar-refractivity contribution in [3.8, 4) is 0 Å². The Bertz CT molecular complexity index is 315. The third kappa shape index (κ3) is 2.37. The minimum absolute atomic E-state index is 0.0545. The lowest BCUT2D eigenvalue weighted by Gasteiger charge is -2.33. The molecule has 2 heterocycles. The fraction of sp³-hybridized carbons (Fsp3) is 0.500. The van der Waals surface area contributed by atoms with E-state index < -0.39 is 0 Å². The summed E-state index contributed by atoms with van der Waals surface area (Å²) in [5.41, 5.74) is 6.53. The van der Waals surface area contributed by atoms with Crippen LogP contribution in [0.1, 0.15) is 0 Å².